The molecule has 0 saturated heterocycles. The molecule has 0 aromatic heterocycles. The number of hydrogen-bond acceptors (Lipinski definition) is 3. The number of carbonyl (C=O) groups is 1. The van der Waals surface area contributed by atoms with Crippen LogP contribution in [0.4, 0.5) is 32.0 Å². The van der Waals surface area contributed by atoms with E-state index in [1.54, 1.807) is 18.2 Å². The highest BCUT2D eigenvalue weighted by atomic mass is 19.4. The van der Waals surface area contributed by atoms with Gasteiger partial charge in [-0.25, -0.2) is 0 Å². The molecule has 158 valence electrons. The molecule has 2 aromatic carbocycles. The van der Waals surface area contributed by atoms with Crippen LogP contribution in [0.25, 0.3) is 0 Å². The number of carbonyl (C=O) groups excluding carboxylic acids is 1. The second-order valence-corrected chi connectivity index (χ2v) is 6.03. The van der Waals surface area contributed by atoms with Gasteiger partial charge in [0.15, 0.2) is 0 Å². The summed E-state index contributed by atoms with van der Waals surface area (Å²) < 4.78 is 85.1. The number of benzene rings is 2. The maximum absolute atomic E-state index is 13.5. The predicted octanol–water partition coefficient (Wildman–Crippen LogP) is 4.29. The third kappa shape index (κ3) is 4.38. The Hall–Kier alpha value is -2.59. The molecule has 0 atom stereocenters. The van der Waals surface area contributed by atoms with Gasteiger partial charge in [-0.1, -0.05) is 30.3 Å². The topological polar surface area (TPSA) is 49.8 Å². The number of aliphatic hydroxyl groups is 1. The minimum Gasteiger partial charge on any atom is -0.394 e. The first-order valence-corrected chi connectivity index (χ1v) is 8.27. The normalized spacial score (nSPS) is 12.7. The van der Waals surface area contributed by atoms with E-state index < -0.39 is 42.6 Å². The van der Waals surface area contributed by atoms with Gasteiger partial charge in [-0.15, -0.1) is 0 Å². The monoisotopic (exact) mass is 421 g/mol. The SMILES string of the molecule is CN(C(=O)c1ccccc1)c1ccc(C(OCCO)(C(F)(F)F)C(F)(F)F)cc1. The molecule has 0 aliphatic heterocycles. The van der Waals surface area contributed by atoms with Crippen molar-refractivity contribution in [1.29, 1.82) is 0 Å². The zero-order valence-corrected chi connectivity index (χ0v) is 15.1. The van der Waals surface area contributed by atoms with Crippen molar-refractivity contribution in [2.24, 2.45) is 0 Å². The summed E-state index contributed by atoms with van der Waals surface area (Å²) in [5.41, 5.74) is -5.44. The Labute approximate surface area is 162 Å². The number of hydrogen-bond donors (Lipinski definition) is 1. The Kier molecular flexibility index (Phi) is 6.59. The first kappa shape index (κ1) is 22.7. The predicted molar refractivity (Wildman–Crippen MR) is 92.4 cm³/mol. The Bertz CT molecular complexity index is 805. The standard InChI is InChI=1S/C19H17F6NO3/c1-26(16(28)13-5-3-2-4-6-13)15-9-7-14(8-10-15)17(18(20,21)22,19(23,24)25)29-12-11-27/h2-10,27H,11-12H2,1H3. The third-order valence-electron chi connectivity index (χ3n) is 4.19. The summed E-state index contributed by atoms with van der Waals surface area (Å²) in [5.74, 6) is -0.493. The molecule has 0 heterocycles. The Morgan fingerprint density at radius 3 is 1.90 bits per heavy atom. The molecular weight excluding hydrogens is 404 g/mol. The first-order valence-electron chi connectivity index (χ1n) is 8.27. The summed E-state index contributed by atoms with van der Waals surface area (Å²) in [5, 5.41) is 8.69. The smallest absolute Gasteiger partial charge is 0.394 e. The summed E-state index contributed by atoms with van der Waals surface area (Å²) in [6.45, 7) is -2.20. The molecule has 0 fully saturated rings. The highest BCUT2D eigenvalue weighted by molar-refractivity contribution is 6.05. The van der Waals surface area contributed by atoms with E-state index in [2.05, 4.69) is 4.74 Å². The van der Waals surface area contributed by atoms with E-state index in [1.807, 2.05) is 0 Å². The van der Waals surface area contributed by atoms with E-state index in [-0.39, 0.29) is 5.69 Å². The van der Waals surface area contributed by atoms with Crippen molar-refractivity contribution in [1.82, 2.24) is 0 Å². The zero-order valence-electron chi connectivity index (χ0n) is 15.1. The van der Waals surface area contributed by atoms with Gasteiger partial charge in [-0.2, -0.15) is 26.3 Å². The van der Waals surface area contributed by atoms with Crippen LogP contribution in [0.2, 0.25) is 0 Å². The van der Waals surface area contributed by atoms with Gasteiger partial charge in [-0.3, -0.25) is 4.79 Å². The number of ether oxygens (including phenoxy) is 1. The number of rotatable bonds is 6. The van der Waals surface area contributed by atoms with Crippen LogP contribution in [0, 0.1) is 0 Å². The maximum atomic E-state index is 13.5. The van der Waals surface area contributed by atoms with E-state index in [9.17, 15) is 31.1 Å². The molecule has 0 aliphatic rings. The van der Waals surface area contributed by atoms with Crippen LogP contribution in [0.5, 0.6) is 0 Å². The van der Waals surface area contributed by atoms with E-state index >= 15 is 0 Å². The van der Waals surface area contributed by atoms with Gasteiger partial charge in [0.2, 0.25) is 0 Å². The molecule has 1 N–H and O–H groups in total. The molecule has 1 amide bonds. The van der Waals surface area contributed by atoms with Crippen LogP contribution in [0.15, 0.2) is 54.6 Å². The molecule has 0 saturated carbocycles. The van der Waals surface area contributed by atoms with Gasteiger partial charge in [-0.05, 0) is 24.3 Å². The molecule has 29 heavy (non-hydrogen) atoms. The van der Waals surface area contributed by atoms with Crippen LogP contribution < -0.4 is 4.90 Å². The average Bonchev–Trinajstić information content (AvgIpc) is 2.66. The van der Waals surface area contributed by atoms with Crippen LogP contribution in [0.1, 0.15) is 15.9 Å². The summed E-state index contributed by atoms with van der Waals surface area (Å²) in [6, 6.07) is 11.1. The van der Waals surface area contributed by atoms with Crippen LogP contribution in [-0.2, 0) is 10.3 Å². The number of anilines is 1. The van der Waals surface area contributed by atoms with Gasteiger partial charge < -0.3 is 14.7 Å². The fourth-order valence-electron chi connectivity index (χ4n) is 2.75. The molecule has 0 aliphatic carbocycles. The lowest BCUT2D eigenvalue weighted by atomic mass is 9.91. The second kappa shape index (κ2) is 8.42. The van der Waals surface area contributed by atoms with Gasteiger partial charge in [0.1, 0.15) is 0 Å². The number of nitrogens with zero attached hydrogens (tertiary/aromatic N) is 1. The molecular formula is C19H17F6NO3. The van der Waals surface area contributed by atoms with Crippen molar-refractivity contribution in [2.45, 2.75) is 18.0 Å². The molecule has 2 rings (SSSR count). The number of halogens is 6. The lowest BCUT2D eigenvalue weighted by Crippen LogP contribution is -2.56. The van der Waals surface area contributed by atoms with Crippen molar-refractivity contribution in [3.8, 4) is 0 Å². The maximum Gasteiger partial charge on any atom is 0.430 e. The summed E-state index contributed by atoms with van der Waals surface area (Å²) >= 11 is 0. The van der Waals surface area contributed by atoms with Crippen molar-refractivity contribution in [2.75, 3.05) is 25.2 Å². The largest absolute Gasteiger partial charge is 0.430 e. The second-order valence-electron chi connectivity index (χ2n) is 6.03. The molecule has 10 heteroatoms. The minimum atomic E-state index is -5.84. The fraction of sp³-hybridized carbons (Fsp3) is 0.316. The third-order valence-corrected chi connectivity index (χ3v) is 4.19. The highest BCUT2D eigenvalue weighted by Gasteiger charge is 2.73. The molecule has 0 unspecified atom stereocenters. The van der Waals surface area contributed by atoms with Crippen LogP contribution in [-0.4, -0.2) is 43.6 Å². The van der Waals surface area contributed by atoms with E-state index in [4.69, 9.17) is 5.11 Å². The number of aliphatic hydroxyl groups excluding tert-OH is 1. The van der Waals surface area contributed by atoms with Gasteiger partial charge in [0.05, 0.1) is 13.2 Å². The quantitative estimate of drug-likeness (QED) is 0.708. The summed E-state index contributed by atoms with van der Waals surface area (Å²) in [7, 11) is 1.34. The van der Waals surface area contributed by atoms with E-state index in [0.717, 1.165) is 17.0 Å². The van der Waals surface area contributed by atoms with E-state index in [1.165, 1.54) is 19.2 Å². The van der Waals surface area contributed by atoms with Gasteiger partial charge in [0, 0.05) is 23.9 Å². The van der Waals surface area contributed by atoms with Crippen LogP contribution in [0.3, 0.4) is 0 Å². The average molecular weight is 421 g/mol. The first-order chi connectivity index (χ1) is 13.5. The highest BCUT2D eigenvalue weighted by Crippen LogP contribution is 2.53. The van der Waals surface area contributed by atoms with Crippen molar-refractivity contribution < 1.29 is 41.0 Å². The van der Waals surface area contributed by atoms with Crippen molar-refractivity contribution in [3.63, 3.8) is 0 Å². The lowest BCUT2D eigenvalue weighted by molar-refractivity contribution is -0.390. The summed E-state index contributed by atoms with van der Waals surface area (Å²) in [6.07, 6.45) is -11.7. The van der Waals surface area contributed by atoms with Crippen molar-refractivity contribution >= 4 is 11.6 Å². The molecule has 4 nitrogen and oxygen atoms in total. The Morgan fingerprint density at radius 1 is 0.931 bits per heavy atom. The van der Waals surface area contributed by atoms with E-state index in [0.29, 0.717) is 17.7 Å². The molecule has 0 spiro atoms. The fourth-order valence-corrected chi connectivity index (χ4v) is 2.75. The number of alkyl halides is 6. The van der Waals surface area contributed by atoms with Crippen LogP contribution >= 0.6 is 0 Å². The molecule has 0 radical (unpaired) electrons. The lowest BCUT2D eigenvalue weighted by Gasteiger charge is -2.37. The summed E-state index contributed by atoms with van der Waals surface area (Å²) in [4.78, 5) is 13.5. The molecule has 2 aromatic rings. The minimum absolute atomic E-state index is 0.0861. The van der Waals surface area contributed by atoms with Gasteiger partial charge in [0.25, 0.3) is 11.5 Å². The molecule has 0 bridgehead atoms. The Morgan fingerprint density at radius 2 is 1.45 bits per heavy atom. The van der Waals surface area contributed by atoms with Crippen molar-refractivity contribution in [3.05, 3.63) is 65.7 Å². The number of amides is 1. The zero-order chi connectivity index (χ0) is 21.9. The Balaban J connectivity index is 2.44. The van der Waals surface area contributed by atoms with Gasteiger partial charge >= 0.3 is 12.4 Å².